The van der Waals surface area contributed by atoms with Crippen LogP contribution in [0.1, 0.15) is 28.5 Å². The van der Waals surface area contributed by atoms with Crippen LogP contribution in [0.25, 0.3) is 11.0 Å². The van der Waals surface area contributed by atoms with Crippen LogP contribution >= 0.6 is 0 Å². The summed E-state index contributed by atoms with van der Waals surface area (Å²) in [6, 6.07) is 7.90. The number of H-pyrrole nitrogens is 1. The maximum absolute atomic E-state index is 12.8. The van der Waals surface area contributed by atoms with E-state index in [9.17, 15) is 4.79 Å². The molecule has 0 aliphatic carbocycles. The van der Waals surface area contributed by atoms with Crippen LogP contribution in [0.4, 0.5) is 5.82 Å². The van der Waals surface area contributed by atoms with E-state index < -0.39 is 6.10 Å². The Morgan fingerprint density at radius 1 is 1.29 bits per heavy atom. The van der Waals surface area contributed by atoms with E-state index in [2.05, 4.69) is 20.3 Å². The first-order valence-electron chi connectivity index (χ1n) is 7.95. The van der Waals surface area contributed by atoms with E-state index in [-0.39, 0.29) is 5.91 Å². The van der Waals surface area contributed by atoms with Crippen molar-refractivity contribution in [1.29, 1.82) is 0 Å². The number of aryl methyl sites for hydroxylation is 2. The molecule has 0 fully saturated rings. The Bertz CT molecular complexity index is 932. The van der Waals surface area contributed by atoms with Gasteiger partial charge in [-0.1, -0.05) is 24.3 Å². The molecule has 0 bridgehead atoms. The van der Waals surface area contributed by atoms with Crippen LogP contribution in [0.15, 0.2) is 30.6 Å². The van der Waals surface area contributed by atoms with Gasteiger partial charge in [-0.15, -0.1) is 0 Å². The second kappa shape index (κ2) is 5.72. The molecule has 0 saturated heterocycles. The number of hydrogen-bond acceptors (Lipinski definition) is 4. The van der Waals surface area contributed by atoms with Gasteiger partial charge in [0.05, 0.1) is 12.0 Å². The van der Waals surface area contributed by atoms with E-state index in [4.69, 9.17) is 4.74 Å². The number of benzene rings is 1. The Balaban J connectivity index is 1.69. The van der Waals surface area contributed by atoms with Crippen molar-refractivity contribution in [2.45, 2.75) is 26.4 Å². The van der Waals surface area contributed by atoms with Crippen molar-refractivity contribution in [3.8, 4) is 0 Å². The zero-order valence-corrected chi connectivity index (χ0v) is 13.6. The van der Waals surface area contributed by atoms with Crippen LogP contribution < -0.4 is 5.32 Å². The molecule has 4 rings (SSSR count). The Morgan fingerprint density at radius 2 is 2.12 bits per heavy atom. The average Bonchev–Trinajstić information content (AvgIpc) is 2.89. The highest BCUT2D eigenvalue weighted by Crippen LogP contribution is 2.30. The molecule has 2 aromatic heterocycles. The Hall–Kier alpha value is -2.73. The quantitative estimate of drug-likeness (QED) is 0.760. The molecular weight excluding hydrogens is 304 g/mol. The number of fused-ring (bicyclic) bond motifs is 2. The summed E-state index contributed by atoms with van der Waals surface area (Å²) >= 11 is 0. The number of hydrogen-bond donors (Lipinski definition) is 2. The molecule has 1 aliphatic rings. The van der Waals surface area contributed by atoms with E-state index in [0.29, 0.717) is 12.4 Å². The van der Waals surface area contributed by atoms with E-state index in [0.717, 1.165) is 39.8 Å². The van der Waals surface area contributed by atoms with Crippen LogP contribution in [0.3, 0.4) is 0 Å². The zero-order valence-electron chi connectivity index (χ0n) is 13.6. The molecule has 1 aromatic carbocycles. The number of aromatic nitrogens is 3. The van der Waals surface area contributed by atoms with Crippen LogP contribution in [0.5, 0.6) is 0 Å². The summed E-state index contributed by atoms with van der Waals surface area (Å²) in [6.45, 7) is 4.50. The third-order valence-corrected chi connectivity index (χ3v) is 4.56. The summed E-state index contributed by atoms with van der Waals surface area (Å²) in [4.78, 5) is 24.5. The van der Waals surface area contributed by atoms with Crippen molar-refractivity contribution in [2.75, 3.05) is 11.9 Å². The lowest BCUT2D eigenvalue weighted by molar-refractivity contribution is -0.128. The smallest absolute Gasteiger partial charge is 0.259 e. The highest BCUT2D eigenvalue weighted by molar-refractivity contribution is 6.02. The lowest BCUT2D eigenvalue weighted by Crippen LogP contribution is -2.28. The van der Waals surface area contributed by atoms with Crippen molar-refractivity contribution in [2.24, 2.45) is 0 Å². The summed E-state index contributed by atoms with van der Waals surface area (Å²) < 4.78 is 5.72. The highest BCUT2D eigenvalue weighted by Gasteiger charge is 2.28. The SMILES string of the molecule is Cc1[nH]c2ncnc(NC(=O)C3OCCc4ccccc43)c2c1C. The fourth-order valence-corrected chi connectivity index (χ4v) is 3.18. The minimum Gasteiger partial charge on any atom is -0.363 e. The number of aromatic amines is 1. The first-order chi connectivity index (χ1) is 11.6. The molecule has 6 nitrogen and oxygen atoms in total. The summed E-state index contributed by atoms with van der Waals surface area (Å²) in [6.07, 6.45) is 1.66. The largest absolute Gasteiger partial charge is 0.363 e. The molecule has 6 heteroatoms. The minimum absolute atomic E-state index is 0.208. The van der Waals surface area contributed by atoms with Gasteiger partial charge in [0.1, 0.15) is 17.8 Å². The van der Waals surface area contributed by atoms with Crippen molar-refractivity contribution in [3.63, 3.8) is 0 Å². The highest BCUT2D eigenvalue weighted by atomic mass is 16.5. The Kier molecular flexibility index (Phi) is 3.54. The monoisotopic (exact) mass is 322 g/mol. The molecular formula is C18H18N4O2. The third-order valence-electron chi connectivity index (χ3n) is 4.56. The molecule has 24 heavy (non-hydrogen) atoms. The number of nitrogens with zero attached hydrogens (tertiary/aromatic N) is 2. The minimum atomic E-state index is -0.611. The molecule has 0 saturated carbocycles. The molecule has 122 valence electrons. The lowest BCUT2D eigenvalue weighted by Gasteiger charge is -2.25. The number of carbonyl (C=O) groups is 1. The molecule has 1 unspecified atom stereocenters. The normalized spacial score (nSPS) is 16.8. The van der Waals surface area contributed by atoms with Crippen molar-refractivity contribution in [1.82, 2.24) is 15.0 Å². The molecule has 0 spiro atoms. The van der Waals surface area contributed by atoms with Crippen LogP contribution in [-0.2, 0) is 16.0 Å². The standard InChI is InChI=1S/C18H18N4O2/c1-10-11(2)21-16-14(10)17(20-9-19-16)22-18(23)15-13-6-4-3-5-12(13)7-8-24-15/h3-6,9,15H,7-8H2,1-2H3,(H2,19,20,21,22,23). The number of anilines is 1. The van der Waals surface area contributed by atoms with Gasteiger partial charge in [-0.3, -0.25) is 4.79 Å². The van der Waals surface area contributed by atoms with Gasteiger partial charge in [-0.05, 0) is 37.0 Å². The molecule has 1 atom stereocenters. The first-order valence-corrected chi connectivity index (χ1v) is 7.95. The topological polar surface area (TPSA) is 79.9 Å². The van der Waals surface area contributed by atoms with Gasteiger partial charge in [0.15, 0.2) is 6.10 Å². The molecule has 1 aliphatic heterocycles. The lowest BCUT2D eigenvalue weighted by atomic mass is 9.97. The molecule has 0 radical (unpaired) electrons. The van der Waals surface area contributed by atoms with Crippen molar-refractivity contribution >= 4 is 22.8 Å². The second-order valence-corrected chi connectivity index (χ2v) is 6.01. The van der Waals surface area contributed by atoms with Crippen LogP contribution in [0.2, 0.25) is 0 Å². The number of rotatable bonds is 2. The van der Waals surface area contributed by atoms with E-state index in [1.807, 2.05) is 38.1 Å². The fourth-order valence-electron chi connectivity index (χ4n) is 3.18. The van der Waals surface area contributed by atoms with Crippen LogP contribution in [0, 0.1) is 13.8 Å². The summed E-state index contributed by atoms with van der Waals surface area (Å²) in [7, 11) is 0. The molecule has 3 aromatic rings. The van der Waals surface area contributed by atoms with Crippen molar-refractivity contribution < 1.29 is 9.53 Å². The molecule has 2 N–H and O–H groups in total. The maximum Gasteiger partial charge on any atom is 0.259 e. The summed E-state index contributed by atoms with van der Waals surface area (Å²) in [5.74, 6) is 0.305. The van der Waals surface area contributed by atoms with Crippen molar-refractivity contribution in [3.05, 3.63) is 53.0 Å². The van der Waals surface area contributed by atoms with E-state index in [1.165, 1.54) is 6.33 Å². The molecule has 1 amide bonds. The zero-order chi connectivity index (χ0) is 16.7. The third kappa shape index (κ3) is 2.35. The predicted octanol–water partition coefficient (Wildman–Crippen LogP) is 2.83. The number of carbonyl (C=O) groups excluding carboxylic acids is 1. The number of nitrogens with one attached hydrogen (secondary N) is 2. The van der Waals surface area contributed by atoms with Gasteiger partial charge in [0.2, 0.25) is 0 Å². The van der Waals surface area contributed by atoms with Gasteiger partial charge in [0.25, 0.3) is 5.91 Å². The van der Waals surface area contributed by atoms with E-state index >= 15 is 0 Å². The number of ether oxygens (including phenoxy) is 1. The Labute approximate surface area is 139 Å². The fraction of sp³-hybridized carbons (Fsp3) is 0.278. The van der Waals surface area contributed by atoms with Gasteiger partial charge in [-0.2, -0.15) is 0 Å². The Morgan fingerprint density at radius 3 is 3.00 bits per heavy atom. The summed E-state index contributed by atoms with van der Waals surface area (Å²) in [5.41, 5.74) is 4.85. The maximum atomic E-state index is 12.8. The van der Waals surface area contributed by atoms with E-state index in [1.54, 1.807) is 0 Å². The second-order valence-electron chi connectivity index (χ2n) is 6.01. The van der Waals surface area contributed by atoms with Crippen LogP contribution in [-0.4, -0.2) is 27.5 Å². The average molecular weight is 322 g/mol. The van der Waals surface area contributed by atoms with Gasteiger partial charge in [-0.25, -0.2) is 9.97 Å². The van der Waals surface area contributed by atoms with Gasteiger partial charge < -0.3 is 15.0 Å². The predicted molar refractivity (Wildman–Crippen MR) is 90.8 cm³/mol. The summed E-state index contributed by atoms with van der Waals surface area (Å²) in [5, 5.41) is 3.75. The first kappa shape index (κ1) is 14.8. The van der Waals surface area contributed by atoms with Gasteiger partial charge in [0, 0.05) is 5.69 Å². The van der Waals surface area contributed by atoms with Gasteiger partial charge >= 0.3 is 0 Å². The molecule has 3 heterocycles. The number of amides is 1.